The van der Waals surface area contributed by atoms with Crippen molar-refractivity contribution in [1.82, 2.24) is 5.32 Å². The van der Waals surface area contributed by atoms with Crippen molar-refractivity contribution < 1.29 is 4.74 Å². The van der Waals surface area contributed by atoms with Gasteiger partial charge in [-0.05, 0) is 47.8 Å². The first kappa shape index (κ1) is 13.2. The second-order valence-corrected chi connectivity index (χ2v) is 5.10. The van der Waals surface area contributed by atoms with Gasteiger partial charge in [-0.2, -0.15) is 0 Å². The predicted octanol–water partition coefficient (Wildman–Crippen LogP) is 3.59. The maximum Gasteiger partial charge on any atom is 0.0775 e. The van der Waals surface area contributed by atoms with Crippen molar-refractivity contribution in [2.45, 2.75) is 32.4 Å². The van der Waals surface area contributed by atoms with E-state index in [0.717, 1.165) is 13.0 Å². The monoisotopic (exact) mass is 291 g/mol. The maximum atomic E-state index is 5.75. The molecule has 1 rings (SSSR count). The highest BCUT2D eigenvalue weighted by Crippen LogP contribution is 2.32. The zero-order chi connectivity index (χ0) is 11.3. The van der Waals surface area contributed by atoms with E-state index >= 15 is 0 Å². The minimum Gasteiger partial charge on any atom is -0.377 e. The Kier molecular flexibility index (Phi) is 5.82. The van der Waals surface area contributed by atoms with Gasteiger partial charge in [-0.15, -0.1) is 11.3 Å². The zero-order valence-corrected chi connectivity index (χ0v) is 11.8. The number of nitrogens with one attached hydrogen (secondary N) is 1. The molecule has 0 saturated heterocycles. The number of likely N-dealkylation sites (N-methyl/N-ethyl adjacent to an activating group) is 1. The third-order valence-corrected chi connectivity index (χ3v) is 4.35. The summed E-state index contributed by atoms with van der Waals surface area (Å²) in [4.78, 5) is 1.32. The van der Waals surface area contributed by atoms with E-state index in [0.29, 0.717) is 0 Å². The van der Waals surface area contributed by atoms with Crippen molar-refractivity contribution >= 4 is 27.3 Å². The molecule has 0 aliphatic heterocycles. The van der Waals surface area contributed by atoms with Gasteiger partial charge in [-0.1, -0.05) is 6.92 Å². The Balaban J connectivity index is 2.82. The van der Waals surface area contributed by atoms with Gasteiger partial charge < -0.3 is 10.1 Å². The number of hydrogen-bond acceptors (Lipinski definition) is 3. The highest BCUT2D eigenvalue weighted by Gasteiger charge is 2.23. The molecule has 1 aromatic heterocycles. The van der Waals surface area contributed by atoms with Gasteiger partial charge in [0.15, 0.2) is 0 Å². The highest BCUT2D eigenvalue weighted by molar-refractivity contribution is 9.10. The lowest BCUT2D eigenvalue weighted by molar-refractivity contribution is 0.0341. The van der Waals surface area contributed by atoms with E-state index in [-0.39, 0.29) is 12.1 Å². The molecule has 2 nitrogen and oxygen atoms in total. The number of hydrogen-bond donors (Lipinski definition) is 1. The van der Waals surface area contributed by atoms with Gasteiger partial charge in [0.05, 0.1) is 12.1 Å². The Morgan fingerprint density at radius 1 is 1.53 bits per heavy atom. The smallest absolute Gasteiger partial charge is 0.0775 e. The van der Waals surface area contributed by atoms with E-state index in [2.05, 4.69) is 39.6 Å². The Bertz CT molecular complexity index is 290. The SMILES string of the molecule is CCOC(CC)C(NC)c1sccc1Br. The van der Waals surface area contributed by atoms with Crippen LogP contribution in [0.3, 0.4) is 0 Å². The van der Waals surface area contributed by atoms with E-state index < -0.39 is 0 Å². The summed E-state index contributed by atoms with van der Waals surface area (Å²) in [6.07, 6.45) is 1.26. The molecule has 0 radical (unpaired) electrons. The summed E-state index contributed by atoms with van der Waals surface area (Å²) in [6.45, 7) is 4.96. The third kappa shape index (κ3) is 3.28. The fourth-order valence-corrected chi connectivity index (χ4v) is 3.46. The lowest BCUT2D eigenvalue weighted by atomic mass is 10.1. The van der Waals surface area contributed by atoms with Crippen LogP contribution >= 0.6 is 27.3 Å². The molecule has 1 aromatic rings. The van der Waals surface area contributed by atoms with Gasteiger partial charge in [-0.25, -0.2) is 0 Å². The van der Waals surface area contributed by atoms with Crippen LogP contribution in [0.15, 0.2) is 15.9 Å². The fourth-order valence-electron chi connectivity index (χ4n) is 1.68. The van der Waals surface area contributed by atoms with Crippen LogP contribution in [-0.2, 0) is 4.74 Å². The van der Waals surface area contributed by atoms with Crippen LogP contribution in [0.2, 0.25) is 0 Å². The number of rotatable bonds is 6. The number of ether oxygens (including phenoxy) is 1. The van der Waals surface area contributed by atoms with Gasteiger partial charge in [-0.3, -0.25) is 0 Å². The van der Waals surface area contributed by atoms with Crippen LogP contribution in [-0.4, -0.2) is 19.8 Å². The summed E-state index contributed by atoms with van der Waals surface area (Å²) in [5.74, 6) is 0. The molecular weight excluding hydrogens is 274 g/mol. The van der Waals surface area contributed by atoms with Crippen molar-refractivity contribution in [2.24, 2.45) is 0 Å². The molecule has 0 aliphatic rings. The largest absolute Gasteiger partial charge is 0.377 e. The molecule has 2 unspecified atom stereocenters. The summed E-state index contributed by atoms with van der Waals surface area (Å²) in [5, 5.41) is 5.44. The molecule has 4 heteroatoms. The summed E-state index contributed by atoms with van der Waals surface area (Å²) in [6, 6.07) is 2.37. The van der Waals surface area contributed by atoms with E-state index in [1.807, 2.05) is 14.0 Å². The molecule has 1 heterocycles. The first-order valence-electron chi connectivity index (χ1n) is 5.26. The topological polar surface area (TPSA) is 21.3 Å². The zero-order valence-electron chi connectivity index (χ0n) is 9.42. The normalized spacial score (nSPS) is 15.2. The lowest BCUT2D eigenvalue weighted by Crippen LogP contribution is -2.30. The van der Waals surface area contributed by atoms with Crippen LogP contribution in [0.25, 0.3) is 0 Å². The lowest BCUT2D eigenvalue weighted by Gasteiger charge is -2.25. The van der Waals surface area contributed by atoms with E-state index in [4.69, 9.17) is 4.74 Å². The average molecular weight is 292 g/mol. The molecule has 0 amide bonds. The molecule has 0 fully saturated rings. The second kappa shape index (κ2) is 6.63. The van der Waals surface area contributed by atoms with Crippen molar-refractivity contribution in [1.29, 1.82) is 0 Å². The van der Waals surface area contributed by atoms with Crippen LogP contribution < -0.4 is 5.32 Å². The third-order valence-electron chi connectivity index (χ3n) is 2.39. The molecule has 0 spiro atoms. The Morgan fingerprint density at radius 2 is 2.27 bits per heavy atom. The van der Waals surface area contributed by atoms with Crippen molar-refractivity contribution in [3.63, 3.8) is 0 Å². The quantitative estimate of drug-likeness (QED) is 0.865. The predicted molar refractivity (Wildman–Crippen MR) is 69.5 cm³/mol. The van der Waals surface area contributed by atoms with Gasteiger partial charge >= 0.3 is 0 Å². The molecule has 0 aliphatic carbocycles. The Hall–Kier alpha value is 0.100. The Labute approximate surface area is 104 Å². The standard InChI is InChI=1S/C11H18BrNOS/c1-4-9(14-5-2)10(13-3)11-8(12)6-7-15-11/h6-7,9-10,13H,4-5H2,1-3H3. The van der Waals surface area contributed by atoms with Gasteiger partial charge in [0.2, 0.25) is 0 Å². The van der Waals surface area contributed by atoms with Gasteiger partial charge in [0.1, 0.15) is 0 Å². The summed E-state index contributed by atoms with van der Waals surface area (Å²) in [5.41, 5.74) is 0. The van der Waals surface area contributed by atoms with Gasteiger partial charge in [0, 0.05) is 16.0 Å². The molecule has 86 valence electrons. The second-order valence-electron chi connectivity index (χ2n) is 3.30. The summed E-state index contributed by atoms with van der Waals surface area (Å²) in [7, 11) is 1.98. The highest BCUT2D eigenvalue weighted by atomic mass is 79.9. The first-order valence-corrected chi connectivity index (χ1v) is 6.93. The minimum atomic E-state index is 0.245. The molecule has 2 atom stereocenters. The van der Waals surface area contributed by atoms with Crippen molar-refractivity contribution in [3.05, 3.63) is 20.8 Å². The fraction of sp³-hybridized carbons (Fsp3) is 0.636. The van der Waals surface area contributed by atoms with E-state index in [1.54, 1.807) is 11.3 Å². The Morgan fingerprint density at radius 3 is 2.67 bits per heavy atom. The molecule has 1 N–H and O–H groups in total. The van der Waals surface area contributed by atoms with Crippen LogP contribution in [0, 0.1) is 0 Å². The summed E-state index contributed by atoms with van der Waals surface area (Å²) < 4.78 is 6.92. The van der Waals surface area contributed by atoms with Crippen LogP contribution in [0.4, 0.5) is 0 Å². The molecule has 15 heavy (non-hydrogen) atoms. The molecule has 0 saturated carbocycles. The maximum absolute atomic E-state index is 5.75. The number of thiophene rings is 1. The van der Waals surface area contributed by atoms with Crippen molar-refractivity contribution in [2.75, 3.05) is 13.7 Å². The van der Waals surface area contributed by atoms with Crippen molar-refractivity contribution in [3.8, 4) is 0 Å². The van der Waals surface area contributed by atoms with Gasteiger partial charge in [0.25, 0.3) is 0 Å². The first-order chi connectivity index (χ1) is 7.24. The number of halogens is 1. The summed E-state index contributed by atoms with van der Waals surface area (Å²) >= 11 is 5.33. The molecule has 0 aromatic carbocycles. The molecular formula is C11H18BrNOS. The van der Waals surface area contributed by atoms with Crippen LogP contribution in [0.1, 0.15) is 31.2 Å². The minimum absolute atomic E-state index is 0.245. The average Bonchev–Trinajstić information content (AvgIpc) is 2.65. The van der Waals surface area contributed by atoms with E-state index in [1.165, 1.54) is 9.35 Å². The van der Waals surface area contributed by atoms with E-state index in [9.17, 15) is 0 Å². The van der Waals surface area contributed by atoms with Crippen LogP contribution in [0.5, 0.6) is 0 Å². The molecule has 0 bridgehead atoms.